The Kier molecular flexibility index (Phi) is 27.8. The molecule has 0 aromatic carbocycles. The predicted octanol–water partition coefficient (Wildman–Crippen LogP) is -15.9. The minimum absolute atomic E-state index is 0.855. The number of carbonyl (C=O) groups is 4. The number of hydrogen-bond acceptors (Lipinski definition) is 38. The van der Waals surface area contributed by atoms with Crippen LogP contribution in [0, 0.1) is 0 Å². The first-order chi connectivity index (χ1) is 44.2. The standard InChI is InChI=1S/C50H84N4O39S/c1-12(60)51-23-31(68)39(91-50-38(75)43(29(66)17(6-56)84-50)93-47-25(53-14(3)62)33(70)40(20(9-59)87-47)89-48-36(73)34(71)27(64)16(5-55)83-48)18(7-57)85-45(23)80-10-21-30(67)42(26(44(76)82-21)54-15(4)63)92-46-24(52-13(2)61)32(69)41(19(8-58)86-46)90-49-37(74)35(72)28(65)22(88-49)11-81-94(77,78)79/h16-50,55-59,64-76H,5-11H2,1-4H3,(H,51,60)(H,52,61)(H,53,62)(H,54,63)(H,77,78,79)/t16-,17-,18-,19-,20-,21-,22-,23-,24-,25-,26-,27+,28+,29+,30+,31-,32-,33-,34+,35+,36-,37-,38-,39-,40-,41-,42-,43+,44?,45-,46+,47+,48+,49+,50+/m1/s1. The highest BCUT2D eigenvalue weighted by molar-refractivity contribution is 7.80. The van der Waals surface area contributed by atoms with E-state index in [0.29, 0.717) is 0 Å². The molecule has 544 valence electrons. The molecule has 0 aromatic heterocycles. The van der Waals surface area contributed by atoms with Crippen LogP contribution < -0.4 is 21.3 Å². The van der Waals surface area contributed by atoms with E-state index in [0.717, 1.165) is 27.7 Å². The molecule has 0 aromatic rings. The first-order valence-electron chi connectivity index (χ1n) is 29.3. The van der Waals surface area contributed by atoms with Crippen molar-refractivity contribution in [1.82, 2.24) is 21.3 Å². The summed E-state index contributed by atoms with van der Waals surface area (Å²) in [6.07, 6.45) is -60.8. The molecule has 7 aliphatic rings. The lowest BCUT2D eigenvalue weighted by Crippen LogP contribution is -2.71. The molecule has 0 spiro atoms. The van der Waals surface area contributed by atoms with Gasteiger partial charge in [-0.3, -0.25) is 23.7 Å². The molecule has 23 N–H and O–H groups in total. The Labute approximate surface area is 532 Å². The van der Waals surface area contributed by atoms with Crippen molar-refractivity contribution in [2.24, 2.45) is 0 Å². The molecule has 4 amide bonds. The van der Waals surface area contributed by atoms with Crippen LogP contribution in [0.25, 0.3) is 0 Å². The second kappa shape index (κ2) is 33.6. The number of rotatable bonds is 25. The van der Waals surface area contributed by atoms with Crippen LogP contribution in [0.3, 0.4) is 0 Å². The fraction of sp³-hybridized carbons (Fsp3) is 0.920. The van der Waals surface area contributed by atoms with Gasteiger partial charge in [0.2, 0.25) is 23.6 Å². The predicted molar refractivity (Wildman–Crippen MR) is 289 cm³/mol. The second-order valence-electron chi connectivity index (χ2n) is 23.1. The van der Waals surface area contributed by atoms with Gasteiger partial charge in [-0.05, 0) is 0 Å². The van der Waals surface area contributed by atoms with Gasteiger partial charge in [-0.25, -0.2) is 4.18 Å². The lowest BCUT2D eigenvalue weighted by Gasteiger charge is -2.50. The zero-order valence-electron chi connectivity index (χ0n) is 50.2. The maximum atomic E-state index is 12.8. The van der Waals surface area contributed by atoms with Crippen LogP contribution in [-0.2, 0) is 95.3 Å². The summed E-state index contributed by atoms with van der Waals surface area (Å²) < 4.78 is 111. The summed E-state index contributed by atoms with van der Waals surface area (Å²) in [6, 6.07) is -7.16. The molecule has 43 nitrogen and oxygen atoms in total. The van der Waals surface area contributed by atoms with E-state index in [1.807, 2.05) is 0 Å². The van der Waals surface area contributed by atoms with Gasteiger partial charge in [0.15, 0.2) is 44.0 Å². The number of carbonyl (C=O) groups excluding carboxylic acids is 4. The molecule has 35 atom stereocenters. The Hall–Kier alpha value is -3.49. The summed E-state index contributed by atoms with van der Waals surface area (Å²) in [4.78, 5) is 50.5. The molecular formula is C50H84N4O39S. The number of nitrogens with one attached hydrogen (secondary N) is 4. The largest absolute Gasteiger partial charge is 0.397 e. The van der Waals surface area contributed by atoms with Gasteiger partial charge in [0, 0.05) is 27.7 Å². The van der Waals surface area contributed by atoms with E-state index in [1.54, 1.807) is 0 Å². The Morgan fingerprint density at radius 3 is 1.04 bits per heavy atom. The highest BCUT2D eigenvalue weighted by Crippen LogP contribution is 2.37. The van der Waals surface area contributed by atoms with Gasteiger partial charge in [-0.15, -0.1) is 0 Å². The summed E-state index contributed by atoms with van der Waals surface area (Å²) in [7, 11) is -5.15. The second-order valence-corrected chi connectivity index (χ2v) is 24.2. The summed E-state index contributed by atoms with van der Waals surface area (Å²) in [5.74, 6) is -3.49. The van der Waals surface area contributed by atoms with Crippen molar-refractivity contribution < 1.29 is 190 Å². The number of aliphatic hydroxyl groups excluding tert-OH is 18. The molecule has 0 aliphatic carbocycles. The third-order valence-corrected chi connectivity index (χ3v) is 16.8. The highest BCUT2D eigenvalue weighted by atomic mass is 32.3. The van der Waals surface area contributed by atoms with Crippen molar-refractivity contribution in [3.05, 3.63) is 0 Å². The summed E-state index contributed by atoms with van der Waals surface area (Å²) in [6.45, 7) is -3.31. The monoisotopic (exact) mass is 1400 g/mol. The number of amides is 4. The molecule has 7 saturated heterocycles. The Morgan fingerprint density at radius 2 is 0.638 bits per heavy atom. The Bertz CT molecular complexity index is 2580. The van der Waals surface area contributed by atoms with Crippen molar-refractivity contribution in [3.63, 3.8) is 0 Å². The van der Waals surface area contributed by atoms with Crippen molar-refractivity contribution >= 4 is 34.0 Å². The van der Waals surface area contributed by atoms with Crippen LogP contribution in [-0.4, -0.2) is 389 Å². The van der Waals surface area contributed by atoms with Gasteiger partial charge in [-0.2, -0.15) is 8.42 Å². The molecular weight excluding hydrogens is 1310 g/mol. The van der Waals surface area contributed by atoms with Gasteiger partial charge in [0.1, 0.15) is 171 Å². The summed E-state index contributed by atoms with van der Waals surface area (Å²) in [5.41, 5.74) is 0. The van der Waals surface area contributed by atoms with E-state index in [1.165, 1.54) is 0 Å². The fourth-order valence-corrected chi connectivity index (χ4v) is 12.0. The maximum absolute atomic E-state index is 12.8. The maximum Gasteiger partial charge on any atom is 0.397 e. The third-order valence-electron chi connectivity index (χ3n) is 16.3. The number of aliphatic hydroxyl groups is 18. The van der Waals surface area contributed by atoms with E-state index in [4.69, 9.17) is 66.1 Å². The first kappa shape index (κ1) is 77.9. The SMILES string of the molecule is CC(=O)N[C@H]1[C@H](O[C@H]2[C@@H](O)[C@@H](CO)O[C@@H](O[C@H]3[C@H](O)[C@@H](NC(C)=O)[C@H](OC[C@H]4OC(O)[C@H](NC(C)=O)[C@@H](O[C@@H]5O[C@H](CO)[C@@H](O[C@@H]6O[C@H](COS(=O)(=O)O)[C@H](O)[C@H](O)[C@H]6O)[C@H](O)[C@H]5NC(C)=O)[C@H]4O)O[C@@H]3CO)[C@@H]2O)O[C@H](CO)[C@@H](O[C@@H]2O[C@H](CO)[C@H](O)[C@H](O)[C@H]2O)[C@@H]1O. The lowest BCUT2D eigenvalue weighted by molar-refractivity contribution is -0.378. The van der Waals surface area contributed by atoms with Crippen molar-refractivity contribution in [3.8, 4) is 0 Å². The minimum atomic E-state index is -5.15. The molecule has 7 rings (SSSR count). The molecule has 44 heteroatoms. The van der Waals surface area contributed by atoms with E-state index >= 15 is 0 Å². The summed E-state index contributed by atoms with van der Waals surface area (Å²) in [5, 5.41) is 206. The van der Waals surface area contributed by atoms with Gasteiger partial charge in [0.25, 0.3) is 0 Å². The molecule has 0 bridgehead atoms. The number of hydrogen-bond donors (Lipinski definition) is 23. The van der Waals surface area contributed by atoms with Gasteiger partial charge < -0.3 is 175 Å². The zero-order valence-corrected chi connectivity index (χ0v) is 51.0. The van der Waals surface area contributed by atoms with Crippen molar-refractivity contribution in [2.75, 3.05) is 46.2 Å². The topological polar surface area (TPSA) is 664 Å². The summed E-state index contributed by atoms with van der Waals surface area (Å²) >= 11 is 0. The normalized spacial score (nSPS) is 46.3. The van der Waals surface area contributed by atoms with Crippen LogP contribution in [0.5, 0.6) is 0 Å². The quantitative estimate of drug-likeness (QED) is 0.0377. The van der Waals surface area contributed by atoms with Crippen LogP contribution in [0.2, 0.25) is 0 Å². The lowest BCUT2D eigenvalue weighted by atomic mass is 9.93. The highest BCUT2D eigenvalue weighted by Gasteiger charge is 2.59. The molecule has 0 radical (unpaired) electrons. The van der Waals surface area contributed by atoms with Gasteiger partial charge in [0.05, 0.1) is 46.2 Å². The van der Waals surface area contributed by atoms with E-state index in [2.05, 4.69) is 25.5 Å². The molecule has 0 saturated carbocycles. The smallest absolute Gasteiger partial charge is 0.394 e. The van der Waals surface area contributed by atoms with Crippen LogP contribution in [0.1, 0.15) is 27.7 Å². The van der Waals surface area contributed by atoms with Gasteiger partial charge in [-0.1, -0.05) is 0 Å². The van der Waals surface area contributed by atoms with Crippen LogP contribution in [0.4, 0.5) is 0 Å². The van der Waals surface area contributed by atoms with E-state index in [9.17, 15) is 120 Å². The average molecular weight is 1400 g/mol. The third kappa shape index (κ3) is 18.1. The zero-order chi connectivity index (χ0) is 69.7. The molecule has 7 heterocycles. The molecule has 7 aliphatic heterocycles. The van der Waals surface area contributed by atoms with Crippen LogP contribution in [0.15, 0.2) is 0 Å². The van der Waals surface area contributed by atoms with Crippen molar-refractivity contribution in [1.29, 1.82) is 0 Å². The van der Waals surface area contributed by atoms with Crippen molar-refractivity contribution in [2.45, 2.75) is 242 Å². The number of ether oxygens (including phenoxy) is 13. The molecule has 7 fully saturated rings. The van der Waals surface area contributed by atoms with Gasteiger partial charge >= 0.3 is 10.4 Å². The van der Waals surface area contributed by atoms with E-state index in [-0.39, 0.29) is 0 Å². The average Bonchev–Trinajstić information content (AvgIpc) is 0.781. The van der Waals surface area contributed by atoms with Crippen LogP contribution >= 0.6 is 0 Å². The first-order valence-corrected chi connectivity index (χ1v) is 30.6. The fourth-order valence-electron chi connectivity index (χ4n) is 11.7. The van der Waals surface area contributed by atoms with E-state index < -0.39 is 295 Å². The Morgan fingerprint density at radius 1 is 0.330 bits per heavy atom. The Balaban J connectivity index is 1.07. The molecule has 1 unspecified atom stereocenters. The molecule has 94 heavy (non-hydrogen) atoms. The minimum Gasteiger partial charge on any atom is -0.394 e.